The predicted molar refractivity (Wildman–Crippen MR) is 41.5 cm³/mol. The Bertz CT molecular complexity index is 112. The van der Waals surface area contributed by atoms with Crippen LogP contribution in [0.3, 0.4) is 0 Å². The lowest BCUT2D eigenvalue weighted by molar-refractivity contribution is 0.129. The molecule has 0 saturated heterocycles. The van der Waals surface area contributed by atoms with Gasteiger partial charge in [-0.15, -0.1) is 0 Å². The van der Waals surface area contributed by atoms with Crippen molar-refractivity contribution in [1.29, 1.82) is 0 Å². The van der Waals surface area contributed by atoms with Gasteiger partial charge in [0.1, 0.15) is 6.10 Å². The number of ether oxygens (including phenoxy) is 1. The smallest absolute Gasteiger partial charge is 0.119 e. The lowest BCUT2D eigenvalue weighted by Gasteiger charge is -2.18. The minimum Gasteiger partial charge on any atom is -0.494 e. The SMILES string of the molecule is NCCCCCC1C=CO1. The van der Waals surface area contributed by atoms with E-state index in [0.29, 0.717) is 6.10 Å². The van der Waals surface area contributed by atoms with Gasteiger partial charge in [0, 0.05) is 0 Å². The molecule has 0 aromatic carbocycles. The largest absolute Gasteiger partial charge is 0.494 e. The Morgan fingerprint density at radius 2 is 2.10 bits per heavy atom. The zero-order valence-corrected chi connectivity index (χ0v) is 6.25. The molecule has 1 atom stereocenters. The molecule has 1 unspecified atom stereocenters. The zero-order valence-electron chi connectivity index (χ0n) is 6.25. The number of rotatable bonds is 5. The van der Waals surface area contributed by atoms with Crippen molar-refractivity contribution in [1.82, 2.24) is 0 Å². The number of nitrogens with two attached hydrogens (primary N) is 1. The third-order valence-corrected chi connectivity index (χ3v) is 1.74. The maximum Gasteiger partial charge on any atom is 0.119 e. The molecule has 2 N–H and O–H groups in total. The molecule has 1 heterocycles. The highest BCUT2D eigenvalue weighted by molar-refractivity contribution is 4.94. The Hall–Kier alpha value is -0.500. The molecule has 1 aliphatic heterocycles. The third kappa shape index (κ3) is 2.40. The first-order valence-corrected chi connectivity index (χ1v) is 3.95. The molecule has 0 bridgehead atoms. The van der Waals surface area contributed by atoms with E-state index < -0.39 is 0 Å². The van der Waals surface area contributed by atoms with Crippen molar-refractivity contribution in [2.75, 3.05) is 6.54 Å². The van der Waals surface area contributed by atoms with Crippen molar-refractivity contribution in [3.05, 3.63) is 12.3 Å². The predicted octanol–water partition coefficient (Wildman–Crippen LogP) is 1.42. The fourth-order valence-corrected chi connectivity index (χ4v) is 1.02. The highest BCUT2D eigenvalue weighted by Crippen LogP contribution is 2.14. The Kier molecular flexibility index (Phi) is 3.30. The Labute approximate surface area is 62.1 Å². The van der Waals surface area contributed by atoms with E-state index >= 15 is 0 Å². The van der Waals surface area contributed by atoms with Crippen molar-refractivity contribution >= 4 is 0 Å². The molecule has 1 aliphatic rings. The van der Waals surface area contributed by atoms with Crippen LogP contribution in [0.15, 0.2) is 12.3 Å². The van der Waals surface area contributed by atoms with Crippen LogP contribution in [0.4, 0.5) is 0 Å². The number of hydrogen-bond acceptors (Lipinski definition) is 2. The maximum atomic E-state index is 5.35. The van der Waals surface area contributed by atoms with Gasteiger partial charge in [-0.05, 0) is 31.9 Å². The Morgan fingerprint density at radius 1 is 1.30 bits per heavy atom. The summed E-state index contributed by atoms with van der Waals surface area (Å²) in [6.45, 7) is 0.821. The summed E-state index contributed by atoms with van der Waals surface area (Å²) >= 11 is 0. The fraction of sp³-hybridized carbons (Fsp3) is 0.750. The van der Waals surface area contributed by atoms with Crippen molar-refractivity contribution in [2.24, 2.45) is 5.73 Å². The first-order chi connectivity index (χ1) is 4.93. The average Bonchev–Trinajstić information content (AvgIpc) is 1.84. The van der Waals surface area contributed by atoms with Crippen LogP contribution in [-0.4, -0.2) is 12.6 Å². The molecular weight excluding hydrogens is 126 g/mol. The fourth-order valence-electron chi connectivity index (χ4n) is 1.02. The molecule has 2 heteroatoms. The van der Waals surface area contributed by atoms with Gasteiger partial charge in [-0.1, -0.05) is 6.42 Å². The van der Waals surface area contributed by atoms with Gasteiger partial charge in [0.2, 0.25) is 0 Å². The standard InChI is InChI=1S/C8H15NO/c9-6-3-1-2-4-8-5-7-10-8/h5,7-8H,1-4,6,9H2. The van der Waals surface area contributed by atoms with Crippen LogP contribution in [0.25, 0.3) is 0 Å². The second kappa shape index (κ2) is 4.34. The van der Waals surface area contributed by atoms with E-state index in [4.69, 9.17) is 10.5 Å². The van der Waals surface area contributed by atoms with E-state index in [9.17, 15) is 0 Å². The molecule has 0 radical (unpaired) electrons. The summed E-state index contributed by atoms with van der Waals surface area (Å²) in [5, 5.41) is 0. The maximum absolute atomic E-state index is 5.35. The van der Waals surface area contributed by atoms with Gasteiger partial charge in [0.25, 0.3) is 0 Å². The van der Waals surface area contributed by atoms with E-state index in [2.05, 4.69) is 6.08 Å². The normalized spacial score (nSPS) is 21.9. The van der Waals surface area contributed by atoms with Gasteiger partial charge in [0.05, 0.1) is 6.26 Å². The molecule has 1 rings (SSSR count). The number of hydrogen-bond donors (Lipinski definition) is 1. The van der Waals surface area contributed by atoms with E-state index in [-0.39, 0.29) is 0 Å². The molecule has 0 amide bonds. The first-order valence-electron chi connectivity index (χ1n) is 3.95. The molecule has 0 fully saturated rings. The molecule has 0 saturated carbocycles. The molecule has 58 valence electrons. The third-order valence-electron chi connectivity index (χ3n) is 1.74. The lowest BCUT2D eigenvalue weighted by Crippen LogP contribution is -2.13. The van der Waals surface area contributed by atoms with Crippen LogP contribution < -0.4 is 5.73 Å². The molecule has 0 spiro atoms. The quantitative estimate of drug-likeness (QED) is 0.588. The van der Waals surface area contributed by atoms with Crippen LogP contribution in [0.2, 0.25) is 0 Å². The summed E-state index contributed by atoms with van der Waals surface area (Å²) in [6.07, 6.45) is 9.07. The van der Waals surface area contributed by atoms with Crippen LogP contribution in [0, 0.1) is 0 Å². The molecule has 0 aliphatic carbocycles. The monoisotopic (exact) mass is 141 g/mol. The van der Waals surface area contributed by atoms with E-state index in [1.165, 1.54) is 12.8 Å². The van der Waals surface area contributed by atoms with Crippen molar-refractivity contribution in [2.45, 2.75) is 31.8 Å². The highest BCUT2D eigenvalue weighted by Gasteiger charge is 2.09. The van der Waals surface area contributed by atoms with E-state index in [1.54, 1.807) is 6.26 Å². The molecule has 2 nitrogen and oxygen atoms in total. The second-order valence-electron chi connectivity index (χ2n) is 2.64. The number of unbranched alkanes of at least 4 members (excludes halogenated alkanes) is 2. The van der Waals surface area contributed by atoms with Gasteiger partial charge >= 0.3 is 0 Å². The Morgan fingerprint density at radius 3 is 2.60 bits per heavy atom. The van der Waals surface area contributed by atoms with Crippen molar-refractivity contribution in [3.8, 4) is 0 Å². The van der Waals surface area contributed by atoms with Crippen LogP contribution in [0.1, 0.15) is 25.7 Å². The summed E-state index contributed by atoms with van der Waals surface area (Å²) < 4.78 is 5.10. The van der Waals surface area contributed by atoms with E-state index in [1.807, 2.05) is 0 Å². The summed E-state index contributed by atoms with van der Waals surface area (Å²) in [5.74, 6) is 0. The van der Waals surface area contributed by atoms with Gasteiger partial charge in [-0.3, -0.25) is 0 Å². The van der Waals surface area contributed by atoms with Crippen LogP contribution >= 0.6 is 0 Å². The molecule has 10 heavy (non-hydrogen) atoms. The summed E-state index contributed by atoms with van der Waals surface area (Å²) in [7, 11) is 0. The van der Waals surface area contributed by atoms with Crippen molar-refractivity contribution in [3.63, 3.8) is 0 Å². The Balaban J connectivity index is 1.81. The second-order valence-corrected chi connectivity index (χ2v) is 2.64. The molecule has 0 aromatic heterocycles. The summed E-state index contributed by atoms with van der Waals surface area (Å²) in [4.78, 5) is 0. The van der Waals surface area contributed by atoms with Gasteiger partial charge in [-0.2, -0.15) is 0 Å². The van der Waals surface area contributed by atoms with Crippen LogP contribution in [0.5, 0.6) is 0 Å². The topological polar surface area (TPSA) is 35.2 Å². The zero-order chi connectivity index (χ0) is 7.23. The van der Waals surface area contributed by atoms with Gasteiger partial charge < -0.3 is 10.5 Å². The summed E-state index contributed by atoms with van der Waals surface area (Å²) in [6, 6.07) is 0. The summed E-state index contributed by atoms with van der Waals surface area (Å²) in [5.41, 5.74) is 5.35. The van der Waals surface area contributed by atoms with Crippen LogP contribution in [-0.2, 0) is 4.74 Å². The molecular formula is C8H15NO. The first kappa shape index (κ1) is 7.61. The molecule has 0 aromatic rings. The lowest BCUT2D eigenvalue weighted by atomic mass is 10.1. The minimum atomic E-state index is 0.415. The minimum absolute atomic E-state index is 0.415. The van der Waals surface area contributed by atoms with E-state index in [0.717, 1.165) is 19.4 Å². The average molecular weight is 141 g/mol. The highest BCUT2D eigenvalue weighted by atomic mass is 16.5. The van der Waals surface area contributed by atoms with Crippen molar-refractivity contribution < 1.29 is 4.74 Å². The van der Waals surface area contributed by atoms with Gasteiger partial charge in [0.15, 0.2) is 0 Å². The van der Waals surface area contributed by atoms with Gasteiger partial charge in [-0.25, -0.2) is 0 Å².